The molecule has 33 heavy (non-hydrogen) atoms. The van der Waals surface area contributed by atoms with E-state index in [2.05, 4.69) is 10.1 Å². The Balaban J connectivity index is 2.17. The van der Waals surface area contributed by atoms with Crippen LogP contribution in [0.3, 0.4) is 0 Å². The Kier molecular flexibility index (Phi) is 8.70. The van der Waals surface area contributed by atoms with Gasteiger partial charge in [0.15, 0.2) is 0 Å². The molecule has 2 aromatic rings. The Morgan fingerprint density at radius 1 is 1.33 bits per heavy atom. The van der Waals surface area contributed by atoms with Crippen molar-refractivity contribution in [2.45, 2.75) is 50.7 Å². The van der Waals surface area contributed by atoms with Crippen LogP contribution in [-0.2, 0) is 12.7 Å². The van der Waals surface area contributed by atoms with Gasteiger partial charge in [0.25, 0.3) is 5.56 Å². The van der Waals surface area contributed by atoms with Crippen LogP contribution < -0.4 is 17.1 Å². The number of aliphatic hydroxyl groups excluding tert-OH is 1. The second-order valence-corrected chi connectivity index (χ2v) is 9.85. The summed E-state index contributed by atoms with van der Waals surface area (Å²) in [4.78, 5) is 17.1. The standard InChI is InChI=1S/C20H25F3IN6O2P/c21-20(22,23)14-7-4-8-27-16(14)10-29-19(32)13(12-5-2-1-3-6-12)9-15(28-29)18(25)17(11-31)30(26)33-24/h4,7-9,12,31,33H,1-3,5-6,10-11,25-26H2/b18-17-. The predicted molar refractivity (Wildman–Crippen MR) is 129 cm³/mol. The summed E-state index contributed by atoms with van der Waals surface area (Å²) >= 11 is 2.02. The van der Waals surface area contributed by atoms with Crippen LogP contribution in [0.2, 0.25) is 0 Å². The number of hydrazine groups is 1. The minimum atomic E-state index is -4.62. The van der Waals surface area contributed by atoms with Crippen LogP contribution >= 0.6 is 28.4 Å². The van der Waals surface area contributed by atoms with Gasteiger partial charge in [-0.25, -0.2) is 10.5 Å². The van der Waals surface area contributed by atoms with Gasteiger partial charge in [-0.2, -0.15) is 18.3 Å². The Hall–Kier alpha value is -1.76. The first-order chi connectivity index (χ1) is 15.7. The van der Waals surface area contributed by atoms with Gasteiger partial charge in [-0.1, -0.05) is 19.3 Å². The highest BCUT2D eigenvalue weighted by molar-refractivity contribution is 14.2. The van der Waals surface area contributed by atoms with Crippen molar-refractivity contribution < 1.29 is 18.3 Å². The lowest BCUT2D eigenvalue weighted by molar-refractivity contribution is -0.138. The van der Waals surface area contributed by atoms with E-state index in [1.54, 1.807) is 6.07 Å². The highest BCUT2D eigenvalue weighted by Crippen LogP contribution is 2.34. The SMILES string of the molecule is N/C(=C(/CO)N(N)PI)c1cc(C2CCCCC2)c(=O)n(Cc2ncccc2C(F)(F)F)n1. The van der Waals surface area contributed by atoms with Gasteiger partial charge in [-0.05, 0) is 59.0 Å². The molecule has 0 aromatic carbocycles. The van der Waals surface area contributed by atoms with Crippen LogP contribution in [0.5, 0.6) is 0 Å². The monoisotopic (exact) mass is 596 g/mol. The molecule has 1 fully saturated rings. The number of rotatable bonds is 7. The summed E-state index contributed by atoms with van der Waals surface area (Å²) in [5.41, 5.74) is 5.45. The van der Waals surface area contributed by atoms with E-state index in [-0.39, 0.29) is 35.1 Å². The van der Waals surface area contributed by atoms with E-state index in [0.717, 1.165) is 42.9 Å². The van der Waals surface area contributed by atoms with Gasteiger partial charge < -0.3 is 10.8 Å². The zero-order valence-electron chi connectivity index (χ0n) is 17.6. The van der Waals surface area contributed by atoms with E-state index in [1.807, 2.05) is 22.0 Å². The third-order valence-electron chi connectivity index (χ3n) is 5.66. The number of hydrogen-bond donors (Lipinski definition) is 3. The minimum absolute atomic E-state index is 0.0455. The van der Waals surface area contributed by atoms with E-state index < -0.39 is 30.5 Å². The molecular formula is C20H25F3IN6O2P. The van der Waals surface area contributed by atoms with Gasteiger partial charge in [-0.15, -0.1) is 0 Å². The summed E-state index contributed by atoms with van der Waals surface area (Å²) in [5.74, 6) is 5.87. The average Bonchev–Trinajstić information content (AvgIpc) is 2.80. The second kappa shape index (κ2) is 11.1. The molecule has 1 saturated carbocycles. The van der Waals surface area contributed by atoms with Crippen molar-refractivity contribution in [2.24, 2.45) is 11.6 Å². The van der Waals surface area contributed by atoms with Gasteiger partial charge in [0.1, 0.15) is 5.69 Å². The molecule has 0 saturated heterocycles. The molecule has 2 heterocycles. The van der Waals surface area contributed by atoms with Crippen LogP contribution in [0.4, 0.5) is 13.2 Å². The summed E-state index contributed by atoms with van der Waals surface area (Å²) in [6.45, 7) is -0.930. The zero-order valence-corrected chi connectivity index (χ0v) is 20.8. The van der Waals surface area contributed by atoms with Gasteiger partial charge in [0, 0.05) is 11.8 Å². The van der Waals surface area contributed by atoms with Crippen LogP contribution in [0, 0.1) is 0 Å². The first-order valence-electron chi connectivity index (χ1n) is 10.3. The molecule has 2 aromatic heterocycles. The van der Waals surface area contributed by atoms with Crippen molar-refractivity contribution in [3.8, 4) is 0 Å². The number of nitrogens with two attached hydrogens (primary N) is 2. The number of aliphatic hydroxyl groups is 1. The third kappa shape index (κ3) is 6.03. The van der Waals surface area contributed by atoms with Crippen molar-refractivity contribution >= 4 is 34.1 Å². The number of aromatic nitrogens is 3. The fraction of sp³-hybridized carbons (Fsp3) is 0.450. The summed E-state index contributed by atoms with van der Waals surface area (Å²) in [6, 6.07) is 3.69. The molecule has 0 spiro atoms. The molecule has 0 bridgehead atoms. The Bertz CT molecular complexity index is 1070. The van der Waals surface area contributed by atoms with Gasteiger partial charge in [0.2, 0.25) is 0 Å². The van der Waals surface area contributed by atoms with Crippen molar-refractivity contribution in [1.82, 2.24) is 19.5 Å². The van der Waals surface area contributed by atoms with Crippen LogP contribution in [-0.4, -0.2) is 31.3 Å². The van der Waals surface area contributed by atoms with Crippen molar-refractivity contribution in [1.29, 1.82) is 0 Å². The molecule has 1 unspecified atom stereocenters. The number of alkyl halides is 3. The quantitative estimate of drug-likeness (QED) is 0.194. The highest BCUT2D eigenvalue weighted by atomic mass is 127. The fourth-order valence-electron chi connectivity index (χ4n) is 3.96. The molecule has 13 heteroatoms. The van der Waals surface area contributed by atoms with E-state index in [9.17, 15) is 23.1 Å². The molecule has 180 valence electrons. The van der Waals surface area contributed by atoms with Crippen LogP contribution in [0.25, 0.3) is 5.70 Å². The predicted octanol–water partition coefficient (Wildman–Crippen LogP) is 3.49. The first-order valence-corrected chi connectivity index (χ1v) is 14.4. The topological polar surface area (TPSA) is 123 Å². The number of halogens is 4. The highest BCUT2D eigenvalue weighted by Gasteiger charge is 2.34. The van der Waals surface area contributed by atoms with Gasteiger partial charge in [0.05, 0.1) is 42.2 Å². The molecule has 0 aliphatic heterocycles. The van der Waals surface area contributed by atoms with Crippen LogP contribution in [0.15, 0.2) is 34.9 Å². The second-order valence-electron chi connectivity index (χ2n) is 7.75. The van der Waals surface area contributed by atoms with Gasteiger partial charge in [-0.3, -0.25) is 14.6 Å². The Morgan fingerprint density at radius 3 is 2.64 bits per heavy atom. The number of nitrogens with zero attached hydrogens (tertiary/aromatic N) is 4. The lowest BCUT2D eigenvalue weighted by Crippen LogP contribution is -2.32. The number of hydrogen-bond acceptors (Lipinski definition) is 7. The smallest absolute Gasteiger partial charge is 0.395 e. The third-order valence-corrected chi connectivity index (χ3v) is 7.67. The lowest BCUT2D eigenvalue weighted by atomic mass is 9.84. The summed E-state index contributed by atoms with van der Waals surface area (Å²) in [5, 5.41) is 14.0. The normalized spacial score (nSPS) is 16.3. The molecule has 0 radical (unpaired) electrons. The van der Waals surface area contributed by atoms with E-state index in [1.165, 1.54) is 17.0 Å². The summed E-state index contributed by atoms with van der Waals surface area (Å²) in [7, 11) is 0. The fourth-order valence-corrected chi connectivity index (χ4v) is 5.13. The first kappa shape index (κ1) is 25.9. The molecule has 1 aliphatic rings. The Labute approximate surface area is 203 Å². The molecule has 1 aliphatic carbocycles. The molecule has 3 rings (SSSR count). The minimum Gasteiger partial charge on any atom is -0.395 e. The van der Waals surface area contributed by atoms with E-state index >= 15 is 0 Å². The largest absolute Gasteiger partial charge is 0.418 e. The lowest BCUT2D eigenvalue weighted by Gasteiger charge is -2.24. The maximum absolute atomic E-state index is 13.5. The zero-order chi connectivity index (χ0) is 24.2. The van der Waals surface area contributed by atoms with Crippen molar-refractivity contribution in [2.75, 3.05) is 6.61 Å². The molecule has 8 nitrogen and oxygen atoms in total. The summed E-state index contributed by atoms with van der Waals surface area (Å²) in [6.07, 6.45) is 1.27. The van der Waals surface area contributed by atoms with Crippen molar-refractivity contribution in [3.63, 3.8) is 0 Å². The summed E-state index contributed by atoms with van der Waals surface area (Å²) < 4.78 is 42.7. The maximum Gasteiger partial charge on any atom is 0.418 e. The van der Waals surface area contributed by atoms with Gasteiger partial charge >= 0.3 is 6.18 Å². The Morgan fingerprint density at radius 2 is 2.03 bits per heavy atom. The number of pyridine rings is 1. The average molecular weight is 596 g/mol. The molecule has 5 N–H and O–H groups in total. The van der Waals surface area contributed by atoms with Crippen molar-refractivity contribution in [3.05, 3.63) is 63.0 Å². The molecular weight excluding hydrogens is 571 g/mol. The maximum atomic E-state index is 13.5. The van der Waals surface area contributed by atoms with E-state index in [0.29, 0.717) is 5.56 Å². The molecule has 0 amide bonds. The van der Waals surface area contributed by atoms with E-state index in [4.69, 9.17) is 11.6 Å². The molecule has 1 atom stereocenters. The van der Waals surface area contributed by atoms with Crippen LogP contribution in [0.1, 0.15) is 60.5 Å².